The van der Waals surface area contributed by atoms with E-state index in [0.717, 1.165) is 19.3 Å². The summed E-state index contributed by atoms with van der Waals surface area (Å²) in [7, 11) is 0. The number of nitrogens with one attached hydrogen (secondary N) is 3. The van der Waals surface area contributed by atoms with E-state index >= 15 is 0 Å². The Hall–Kier alpha value is -3.71. The minimum absolute atomic E-state index is 0.0585. The first-order chi connectivity index (χ1) is 17.6. The Kier molecular flexibility index (Phi) is 9.05. The van der Waals surface area contributed by atoms with Gasteiger partial charge in [0.15, 0.2) is 5.11 Å². The number of amides is 2. The molecule has 3 N–H and O–H groups in total. The highest BCUT2D eigenvalue weighted by molar-refractivity contribution is 7.80. The average molecular weight is 502 g/mol. The number of rotatable bonds is 8. The summed E-state index contributed by atoms with van der Waals surface area (Å²) in [6, 6.07) is 24.4. The van der Waals surface area contributed by atoms with Crippen LogP contribution in [0.1, 0.15) is 58.4 Å². The Bertz CT molecular complexity index is 1160. The molecule has 0 saturated heterocycles. The number of benzene rings is 3. The highest BCUT2D eigenvalue weighted by Crippen LogP contribution is 2.18. The van der Waals surface area contributed by atoms with Gasteiger partial charge < -0.3 is 15.4 Å². The third-order valence-corrected chi connectivity index (χ3v) is 6.40. The number of ether oxygens (including phenoxy) is 1. The lowest BCUT2D eigenvalue weighted by Crippen LogP contribution is -2.36. The van der Waals surface area contributed by atoms with Crippen LogP contribution in [0.3, 0.4) is 0 Å². The minimum Gasteiger partial charge on any atom is -0.493 e. The van der Waals surface area contributed by atoms with Crippen molar-refractivity contribution in [3.8, 4) is 5.75 Å². The molecule has 1 saturated carbocycles. The molecule has 0 aliphatic heterocycles. The maximum absolute atomic E-state index is 12.6. The van der Waals surface area contributed by atoms with Crippen LogP contribution < -0.4 is 20.7 Å². The van der Waals surface area contributed by atoms with Crippen LogP contribution in [-0.4, -0.2) is 29.6 Å². The minimum atomic E-state index is -0.313. The highest BCUT2D eigenvalue weighted by atomic mass is 32.1. The molecule has 3 aromatic rings. The molecule has 36 heavy (non-hydrogen) atoms. The maximum atomic E-state index is 12.6. The Morgan fingerprint density at radius 3 is 2.14 bits per heavy atom. The van der Waals surface area contributed by atoms with Gasteiger partial charge in [-0.1, -0.05) is 49.6 Å². The van der Waals surface area contributed by atoms with E-state index < -0.39 is 0 Å². The normalized spacial score (nSPS) is 13.4. The fourth-order valence-corrected chi connectivity index (χ4v) is 4.40. The van der Waals surface area contributed by atoms with Crippen molar-refractivity contribution in [2.75, 3.05) is 11.9 Å². The number of carbonyl (C=O) groups excluding carboxylic acids is 2. The smallest absolute Gasteiger partial charge is 0.257 e. The van der Waals surface area contributed by atoms with E-state index in [2.05, 4.69) is 28.1 Å². The lowest BCUT2D eigenvalue weighted by Gasteiger charge is -2.22. The summed E-state index contributed by atoms with van der Waals surface area (Å²) in [6.07, 6.45) is 6.49. The van der Waals surface area contributed by atoms with Gasteiger partial charge >= 0.3 is 0 Å². The van der Waals surface area contributed by atoms with Gasteiger partial charge in [-0.2, -0.15) is 0 Å². The zero-order chi connectivity index (χ0) is 25.2. The van der Waals surface area contributed by atoms with Crippen LogP contribution in [0.15, 0.2) is 78.9 Å². The van der Waals surface area contributed by atoms with Crippen molar-refractivity contribution in [1.29, 1.82) is 0 Å². The largest absolute Gasteiger partial charge is 0.493 e. The summed E-state index contributed by atoms with van der Waals surface area (Å²) in [5.41, 5.74) is 2.99. The van der Waals surface area contributed by atoms with E-state index in [4.69, 9.17) is 17.0 Å². The van der Waals surface area contributed by atoms with Crippen molar-refractivity contribution in [1.82, 2.24) is 10.6 Å². The molecule has 0 spiro atoms. The van der Waals surface area contributed by atoms with Gasteiger partial charge in [-0.05, 0) is 79.2 Å². The first-order valence-corrected chi connectivity index (χ1v) is 12.8. The summed E-state index contributed by atoms with van der Waals surface area (Å²) in [5, 5.41) is 8.96. The van der Waals surface area contributed by atoms with Gasteiger partial charge in [0.05, 0.1) is 6.61 Å². The predicted molar refractivity (Wildman–Crippen MR) is 147 cm³/mol. The van der Waals surface area contributed by atoms with E-state index in [0.29, 0.717) is 29.2 Å². The lowest BCUT2D eigenvalue weighted by molar-refractivity contribution is 0.0926. The molecule has 0 heterocycles. The highest BCUT2D eigenvalue weighted by Gasteiger charge is 2.16. The van der Waals surface area contributed by atoms with Crippen LogP contribution >= 0.6 is 12.2 Å². The Morgan fingerprint density at radius 1 is 0.806 bits per heavy atom. The molecule has 186 valence electrons. The van der Waals surface area contributed by atoms with Gasteiger partial charge in [0, 0.05) is 29.3 Å². The molecule has 2 amide bonds. The van der Waals surface area contributed by atoms with Crippen LogP contribution in [-0.2, 0) is 6.42 Å². The lowest BCUT2D eigenvalue weighted by atomic mass is 9.95. The number of carbonyl (C=O) groups is 2. The fraction of sp³-hybridized carbons (Fsp3) is 0.276. The Morgan fingerprint density at radius 2 is 1.44 bits per heavy atom. The molecule has 7 heteroatoms. The van der Waals surface area contributed by atoms with Gasteiger partial charge in [-0.15, -0.1) is 0 Å². The van der Waals surface area contributed by atoms with E-state index in [1.807, 2.05) is 18.2 Å². The van der Waals surface area contributed by atoms with Crippen molar-refractivity contribution in [3.63, 3.8) is 0 Å². The molecule has 0 bridgehead atoms. The molecular formula is C29H31N3O3S. The van der Waals surface area contributed by atoms with Crippen molar-refractivity contribution in [2.45, 2.75) is 44.6 Å². The second-order valence-corrected chi connectivity index (χ2v) is 9.31. The maximum Gasteiger partial charge on any atom is 0.257 e. The molecule has 3 aromatic carbocycles. The first-order valence-electron chi connectivity index (χ1n) is 12.4. The van der Waals surface area contributed by atoms with Crippen LogP contribution in [0.4, 0.5) is 5.69 Å². The predicted octanol–water partition coefficient (Wildman–Crippen LogP) is 5.50. The SMILES string of the molecule is O=C(NC(=S)Nc1ccc(C(=O)NC2CCCCC2)cc1)c1ccc(OCCc2ccccc2)cc1. The number of anilines is 1. The molecule has 0 radical (unpaired) electrons. The molecule has 1 aliphatic rings. The second kappa shape index (κ2) is 12.8. The monoisotopic (exact) mass is 501 g/mol. The molecular weight excluding hydrogens is 470 g/mol. The topological polar surface area (TPSA) is 79.5 Å². The number of hydrogen-bond acceptors (Lipinski definition) is 4. The molecule has 6 nitrogen and oxygen atoms in total. The molecule has 4 rings (SSSR count). The molecule has 1 fully saturated rings. The van der Waals surface area contributed by atoms with E-state index in [1.54, 1.807) is 48.5 Å². The summed E-state index contributed by atoms with van der Waals surface area (Å²) in [5.74, 6) is 0.333. The molecule has 0 unspecified atom stereocenters. The Balaban J connectivity index is 1.21. The van der Waals surface area contributed by atoms with E-state index in [1.165, 1.54) is 24.8 Å². The van der Waals surface area contributed by atoms with Crippen molar-refractivity contribution in [3.05, 3.63) is 95.6 Å². The van der Waals surface area contributed by atoms with Gasteiger partial charge in [0.25, 0.3) is 11.8 Å². The van der Waals surface area contributed by atoms with Crippen molar-refractivity contribution in [2.24, 2.45) is 0 Å². The zero-order valence-corrected chi connectivity index (χ0v) is 21.0. The fourth-order valence-electron chi connectivity index (χ4n) is 4.19. The van der Waals surface area contributed by atoms with Crippen LogP contribution in [0.5, 0.6) is 5.75 Å². The van der Waals surface area contributed by atoms with Crippen molar-refractivity contribution >= 4 is 34.8 Å². The third kappa shape index (κ3) is 7.65. The van der Waals surface area contributed by atoms with Gasteiger partial charge in [0.2, 0.25) is 0 Å². The molecule has 0 atom stereocenters. The summed E-state index contributed by atoms with van der Waals surface area (Å²) in [6.45, 7) is 0.560. The van der Waals surface area contributed by atoms with E-state index in [-0.39, 0.29) is 23.0 Å². The van der Waals surface area contributed by atoms with Crippen LogP contribution in [0.25, 0.3) is 0 Å². The van der Waals surface area contributed by atoms with Crippen LogP contribution in [0.2, 0.25) is 0 Å². The van der Waals surface area contributed by atoms with Gasteiger partial charge in [0.1, 0.15) is 5.75 Å². The zero-order valence-electron chi connectivity index (χ0n) is 20.2. The molecule has 0 aromatic heterocycles. The van der Waals surface area contributed by atoms with Gasteiger partial charge in [-0.3, -0.25) is 14.9 Å². The standard InChI is InChI=1S/C29H31N3O3S/c33-27(30-24-9-5-2-6-10-24)22-11-15-25(16-12-22)31-29(36)32-28(34)23-13-17-26(18-14-23)35-20-19-21-7-3-1-4-8-21/h1,3-4,7-8,11-18,24H,2,5-6,9-10,19-20H2,(H,30,33)(H2,31,32,34,36). The third-order valence-electron chi connectivity index (χ3n) is 6.19. The Labute approximate surface area is 217 Å². The number of thiocarbonyl (C=S) groups is 1. The quantitative estimate of drug-likeness (QED) is 0.355. The van der Waals surface area contributed by atoms with Crippen molar-refractivity contribution < 1.29 is 14.3 Å². The molecule has 1 aliphatic carbocycles. The average Bonchev–Trinajstić information content (AvgIpc) is 2.90. The summed E-state index contributed by atoms with van der Waals surface area (Å²) >= 11 is 5.29. The van der Waals surface area contributed by atoms with E-state index in [9.17, 15) is 9.59 Å². The van der Waals surface area contributed by atoms with Crippen LogP contribution in [0, 0.1) is 0 Å². The number of hydrogen-bond donors (Lipinski definition) is 3. The summed E-state index contributed by atoms with van der Waals surface area (Å²) < 4.78 is 5.78. The first kappa shape index (κ1) is 25.4. The van der Waals surface area contributed by atoms with Gasteiger partial charge in [-0.25, -0.2) is 0 Å². The summed E-state index contributed by atoms with van der Waals surface area (Å²) in [4.78, 5) is 25.0. The second-order valence-electron chi connectivity index (χ2n) is 8.90.